The first-order chi connectivity index (χ1) is 11.1. The highest BCUT2D eigenvalue weighted by Gasteiger charge is 2.21. The number of benzene rings is 2. The Morgan fingerprint density at radius 1 is 1.12 bits per heavy atom. The molecule has 9 heteroatoms. The Bertz CT molecular complexity index is 902. The van der Waals surface area contributed by atoms with Crippen LogP contribution in [0.1, 0.15) is 10.4 Å². The van der Waals surface area contributed by atoms with E-state index in [-0.39, 0.29) is 15.5 Å². The van der Waals surface area contributed by atoms with Crippen molar-refractivity contribution in [3.05, 3.63) is 55.9 Å². The molecule has 2 rings (SSSR count). The molecule has 0 atom stereocenters. The van der Waals surface area contributed by atoms with Gasteiger partial charge in [-0.1, -0.05) is 27.5 Å². The van der Waals surface area contributed by atoms with E-state index >= 15 is 0 Å². The lowest BCUT2D eigenvalue weighted by molar-refractivity contribution is 0.102. The second-order valence-corrected chi connectivity index (χ2v) is 9.34. The van der Waals surface area contributed by atoms with E-state index in [1.807, 2.05) is 0 Å². The first-order valence-electron chi connectivity index (χ1n) is 6.61. The van der Waals surface area contributed by atoms with Gasteiger partial charge in [-0.3, -0.25) is 4.79 Å². The molecule has 0 radical (unpaired) electrons. The second kappa shape index (κ2) is 7.53. The minimum absolute atomic E-state index is 0.00285. The molecule has 1 amide bonds. The third-order valence-electron chi connectivity index (χ3n) is 3.14. The number of anilines is 1. The summed E-state index contributed by atoms with van der Waals surface area (Å²) in [5, 5.41) is 2.87. The van der Waals surface area contributed by atoms with E-state index in [2.05, 4.69) is 37.2 Å². The number of sulfonamides is 1. The molecule has 128 valence electrons. The van der Waals surface area contributed by atoms with Gasteiger partial charge in [-0.15, -0.1) is 0 Å². The topological polar surface area (TPSA) is 66.5 Å². The van der Waals surface area contributed by atoms with Gasteiger partial charge in [0.05, 0.1) is 21.2 Å². The summed E-state index contributed by atoms with van der Waals surface area (Å²) < 4.78 is 27.0. The van der Waals surface area contributed by atoms with Crippen molar-refractivity contribution < 1.29 is 13.2 Å². The summed E-state index contributed by atoms with van der Waals surface area (Å²) in [6.45, 7) is 0. The number of halogens is 3. The van der Waals surface area contributed by atoms with Crippen molar-refractivity contribution in [3.63, 3.8) is 0 Å². The Hall–Kier alpha value is -0.930. The standard InChI is InChI=1S/C15H13Br2ClN2O3S/c1-20(2)24(22,23)10-4-5-13(18)11(8-10)15(21)19-14-6-3-9(16)7-12(14)17/h3-8H,1-2H3,(H,19,21). The lowest BCUT2D eigenvalue weighted by Gasteiger charge is -2.13. The van der Waals surface area contributed by atoms with Gasteiger partial charge in [-0.25, -0.2) is 12.7 Å². The fourth-order valence-corrected chi connectivity index (χ4v) is 4.11. The van der Waals surface area contributed by atoms with Crippen molar-refractivity contribution in [2.24, 2.45) is 0 Å². The van der Waals surface area contributed by atoms with Crippen LogP contribution in [0.25, 0.3) is 0 Å². The van der Waals surface area contributed by atoms with E-state index < -0.39 is 15.9 Å². The number of nitrogens with zero attached hydrogens (tertiary/aromatic N) is 1. The molecular formula is C15H13Br2ClN2O3S. The zero-order valence-electron chi connectivity index (χ0n) is 12.7. The molecule has 0 aromatic heterocycles. The van der Waals surface area contributed by atoms with Crippen molar-refractivity contribution in [2.45, 2.75) is 4.90 Å². The predicted octanol–water partition coefficient (Wildman–Crippen LogP) is 4.37. The van der Waals surface area contributed by atoms with Gasteiger partial charge >= 0.3 is 0 Å². The van der Waals surface area contributed by atoms with Crippen LogP contribution >= 0.6 is 43.5 Å². The van der Waals surface area contributed by atoms with E-state index in [9.17, 15) is 13.2 Å². The molecule has 0 spiro atoms. The monoisotopic (exact) mass is 494 g/mol. The van der Waals surface area contributed by atoms with Crippen LogP contribution in [0, 0.1) is 0 Å². The van der Waals surface area contributed by atoms with Crippen molar-refractivity contribution in [2.75, 3.05) is 19.4 Å². The Morgan fingerprint density at radius 3 is 2.38 bits per heavy atom. The van der Waals surface area contributed by atoms with Gasteiger partial charge in [0.15, 0.2) is 0 Å². The van der Waals surface area contributed by atoms with Crippen molar-refractivity contribution in [1.29, 1.82) is 0 Å². The van der Waals surface area contributed by atoms with Gasteiger partial charge in [-0.05, 0) is 52.3 Å². The van der Waals surface area contributed by atoms with Crippen LogP contribution in [-0.2, 0) is 10.0 Å². The molecule has 0 unspecified atom stereocenters. The Balaban J connectivity index is 2.39. The number of carbonyl (C=O) groups is 1. The average Bonchev–Trinajstić information content (AvgIpc) is 2.50. The van der Waals surface area contributed by atoms with E-state index in [0.29, 0.717) is 10.2 Å². The lowest BCUT2D eigenvalue weighted by Crippen LogP contribution is -2.23. The summed E-state index contributed by atoms with van der Waals surface area (Å²) in [6, 6.07) is 9.28. The summed E-state index contributed by atoms with van der Waals surface area (Å²) in [5.41, 5.74) is 0.620. The maximum absolute atomic E-state index is 12.5. The van der Waals surface area contributed by atoms with E-state index in [4.69, 9.17) is 11.6 Å². The third-order valence-corrected chi connectivity index (χ3v) is 6.43. The Morgan fingerprint density at radius 2 is 1.79 bits per heavy atom. The number of amides is 1. The summed E-state index contributed by atoms with van der Waals surface area (Å²) >= 11 is 12.7. The van der Waals surface area contributed by atoms with Crippen molar-refractivity contribution >= 4 is 65.1 Å². The average molecular weight is 497 g/mol. The van der Waals surface area contributed by atoms with Crippen LogP contribution in [0.5, 0.6) is 0 Å². The zero-order chi connectivity index (χ0) is 18.1. The van der Waals surface area contributed by atoms with Gasteiger partial charge in [-0.2, -0.15) is 0 Å². The van der Waals surface area contributed by atoms with Crippen molar-refractivity contribution in [1.82, 2.24) is 4.31 Å². The largest absolute Gasteiger partial charge is 0.321 e. The zero-order valence-corrected chi connectivity index (χ0v) is 17.4. The highest BCUT2D eigenvalue weighted by atomic mass is 79.9. The summed E-state index contributed by atoms with van der Waals surface area (Å²) in [6.07, 6.45) is 0. The van der Waals surface area contributed by atoms with Gasteiger partial charge in [0.25, 0.3) is 5.91 Å². The van der Waals surface area contributed by atoms with Crippen molar-refractivity contribution in [3.8, 4) is 0 Å². The van der Waals surface area contributed by atoms with Gasteiger partial charge in [0.2, 0.25) is 10.0 Å². The van der Waals surface area contributed by atoms with Gasteiger partial charge in [0.1, 0.15) is 0 Å². The molecule has 0 saturated carbocycles. The molecule has 24 heavy (non-hydrogen) atoms. The molecule has 0 fully saturated rings. The van der Waals surface area contributed by atoms with Crippen LogP contribution in [0.4, 0.5) is 5.69 Å². The number of hydrogen-bond acceptors (Lipinski definition) is 3. The minimum Gasteiger partial charge on any atom is -0.321 e. The SMILES string of the molecule is CN(C)S(=O)(=O)c1ccc(Cl)c(C(=O)Nc2ccc(Br)cc2Br)c1. The Kier molecular flexibility index (Phi) is 6.09. The molecule has 0 aliphatic heterocycles. The molecule has 0 aliphatic rings. The maximum atomic E-state index is 12.5. The first kappa shape index (κ1) is 19.4. The Labute approximate surface area is 162 Å². The quantitative estimate of drug-likeness (QED) is 0.684. The normalized spacial score (nSPS) is 11.6. The molecular weight excluding hydrogens is 484 g/mol. The predicted molar refractivity (Wildman–Crippen MR) is 102 cm³/mol. The highest BCUT2D eigenvalue weighted by Crippen LogP contribution is 2.28. The molecule has 0 saturated heterocycles. The van der Waals surface area contributed by atoms with Crippen LogP contribution < -0.4 is 5.32 Å². The van der Waals surface area contributed by atoms with Crippen LogP contribution in [-0.4, -0.2) is 32.7 Å². The van der Waals surface area contributed by atoms with Crippen LogP contribution in [0.15, 0.2) is 50.2 Å². The molecule has 0 bridgehead atoms. The fraction of sp³-hybridized carbons (Fsp3) is 0.133. The smallest absolute Gasteiger partial charge is 0.257 e. The lowest BCUT2D eigenvalue weighted by atomic mass is 10.2. The van der Waals surface area contributed by atoms with Crippen LogP contribution in [0.3, 0.4) is 0 Å². The molecule has 2 aromatic rings. The summed E-state index contributed by atoms with van der Waals surface area (Å²) in [4.78, 5) is 12.5. The number of carbonyl (C=O) groups excluding carboxylic acids is 1. The minimum atomic E-state index is -3.66. The summed E-state index contributed by atoms with van der Waals surface area (Å²) in [5.74, 6) is -0.501. The van der Waals surface area contributed by atoms with E-state index in [1.54, 1.807) is 18.2 Å². The van der Waals surface area contributed by atoms with E-state index in [1.165, 1.54) is 32.3 Å². The van der Waals surface area contributed by atoms with Crippen LogP contribution in [0.2, 0.25) is 5.02 Å². The number of rotatable bonds is 4. The second-order valence-electron chi connectivity index (χ2n) is 5.01. The highest BCUT2D eigenvalue weighted by molar-refractivity contribution is 9.11. The number of nitrogens with one attached hydrogen (secondary N) is 1. The summed E-state index contributed by atoms with van der Waals surface area (Å²) in [7, 11) is -0.819. The van der Waals surface area contributed by atoms with Gasteiger partial charge < -0.3 is 5.32 Å². The van der Waals surface area contributed by atoms with Gasteiger partial charge in [0, 0.05) is 23.0 Å². The molecule has 5 nitrogen and oxygen atoms in total. The molecule has 0 heterocycles. The first-order valence-corrected chi connectivity index (χ1v) is 10.0. The molecule has 1 N–H and O–H groups in total. The fourth-order valence-electron chi connectivity index (χ4n) is 1.83. The third kappa shape index (κ3) is 4.18. The number of hydrogen-bond donors (Lipinski definition) is 1. The molecule has 2 aromatic carbocycles. The maximum Gasteiger partial charge on any atom is 0.257 e. The molecule has 0 aliphatic carbocycles. The van der Waals surface area contributed by atoms with E-state index in [0.717, 1.165) is 8.78 Å².